The third-order valence-electron chi connectivity index (χ3n) is 3.34. The standard InChI is InChI=1S/C11H16N4O3/c1-11(3-2-4-11)7-12-9(16)6-15-5-8(10(17)18)13-14-15/h5H,2-4,6-7H2,1H3,(H,12,16)(H,17,18). The number of hydrogen-bond donors (Lipinski definition) is 2. The van der Waals surface area contributed by atoms with Crippen LogP contribution in [0.5, 0.6) is 0 Å². The maximum Gasteiger partial charge on any atom is 0.358 e. The van der Waals surface area contributed by atoms with Crippen molar-refractivity contribution in [1.29, 1.82) is 0 Å². The minimum atomic E-state index is -1.15. The highest BCUT2D eigenvalue weighted by molar-refractivity contribution is 5.84. The molecular formula is C11H16N4O3. The first-order valence-corrected chi connectivity index (χ1v) is 5.89. The van der Waals surface area contributed by atoms with E-state index in [1.807, 2.05) is 0 Å². The summed E-state index contributed by atoms with van der Waals surface area (Å²) in [7, 11) is 0. The highest BCUT2D eigenvalue weighted by Gasteiger charge is 2.31. The van der Waals surface area contributed by atoms with Gasteiger partial charge in [0.15, 0.2) is 5.69 Å². The Balaban J connectivity index is 1.81. The van der Waals surface area contributed by atoms with Gasteiger partial charge in [0.25, 0.3) is 0 Å². The van der Waals surface area contributed by atoms with Gasteiger partial charge in [-0.1, -0.05) is 18.6 Å². The lowest BCUT2D eigenvalue weighted by Gasteiger charge is -2.38. The smallest absolute Gasteiger partial charge is 0.358 e. The normalized spacial score (nSPS) is 16.9. The van der Waals surface area contributed by atoms with E-state index >= 15 is 0 Å². The summed E-state index contributed by atoms with van der Waals surface area (Å²) in [4.78, 5) is 22.2. The fourth-order valence-corrected chi connectivity index (χ4v) is 1.95. The van der Waals surface area contributed by atoms with Crippen LogP contribution in [0.15, 0.2) is 6.20 Å². The topological polar surface area (TPSA) is 97.1 Å². The van der Waals surface area contributed by atoms with Gasteiger partial charge in [0.2, 0.25) is 5.91 Å². The molecule has 1 heterocycles. The fourth-order valence-electron chi connectivity index (χ4n) is 1.95. The van der Waals surface area contributed by atoms with E-state index < -0.39 is 5.97 Å². The van der Waals surface area contributed by atoms with Gasteiger partial charge in [-0.05, 0) is 18.3 Å². The molecule has 2 N–H and O–H groups in total. The summed E-state index contributed by atoms with van der Waals surface area (Å²) in [5.41, 5.74) is 0.0679. The molecule has 2 rings (SSSR count). The number of hydrogen-bond acceptors (Lipinski definition) is 4. The fraction of sp³-hybridized carbons (Fsp3) is 0.636. The van der Waals surface area contributed by atoms with Gasteiger partial charge in [0, 0.05) is 6.54 Å². The van der Waals surface area contributed by atoms with Crippen LogP contribution in [0.1, 0.15) is 36.7 Å². The molecule has 0 spiro atoms. The summed E-state index contributed by atoms with van der Waals surface area (Å²) in [6, 6.07) is 0. The summed E-state index contributed by atoms with van der Waals surface area (Å²) >= 11 is 0. The number of carbonyl (C=O) groups is 2. The quantitative estimate of drug-likeness (QED) is 0.784. The van der Waals surface area contributed by atoms with E-state index in [9.17, 15) is 9.59 Å². The van der Waals surface area contributed by atoms with Crippen LogP contribution >= 0.6 is 0 Å². The highest BCUT2D eigenvalue weighted by atomic mass is 16.4. The largest absolute Gasteiger partial charge is 0.476 e. The van der Waals surface area contributed by atoms with E-state index in [1.165, 1.54) is 17.3 Å². The van der Waals surface area contributed by atoms with Crippen molar-refractivity contribution in [2.75, 3.05) is 6.54 Å². The molecular weight excluding hydrogens is 236 g/mol. The van der Waals surface area contributed by atoms with Crippen LogP contribution in [0, 0.1) is 5.41 Å². The van der Waals surface area contributed by atoms with Gasteiger partial charge < -0.3 is 10.4 Å². The SMILES string of the molecule is CC1(CNC(=O)Cn2cc(C(=O)O)nn2)CCC1. The number of carboxylic acids is 1. The molecule has 0 aliphatic heterocycles. The maximum atomic E-state index is 11.6. The average molecular weight is 252 g/mol. The Kier molecular flexibility index (Phi) is 3.31. The zero-order valence-electron chi connectivity index (χ0n) is 10.2. The van der Waals surface area contributed by atoms with Gasteiger partial charge in [-0.2, -0.15) is 0 Å². The molecule has 0 saturated heterocycles. The van der Waals surface area contributed by atoms with Crippen LogP contribution in [0.2, 0.25) is 0 Å². The molecule has 0 aromatic carbocycles. The van der Waals surface area contributed by atoms with E-state index in [0.717, 1.165) is 12.8 Å². The van der Waals surface area contributed by atoms with Crippen molar-refractivity contribution >= 4 is 11.9 Å². The van der Waals surface area contributed by atoms with Crippen LogP contribution in [0.4, 0.5) is 0 Å². The molecule has 1 aliphatic carbocycles. The first-order valence-electron chi connectivity index (χ1n) is 5.89. The molecule has 0 radical (unpaired) electrons. The number of nitrogens with zero attached hydrogens (tertiary/aromatic N) is 3. The van der Waals surface area contributed by atoms with Gasteiger partial charge in [-0.25, -0.2) is 9.48 Å². The predicted molar refractivity (Wildman–Crippen MR) is 61.9 cm³/mol. The van der Waals surface area contributed by atoms with Crippen molar-refractivity contribution in [3.63, 3.8) is 0 Å². The number of nitrogens with one attached hydrogen (secondary N) is 1. The van der Waals surface area contributed by atoms with Crippen LogP contribution < -0.4 is 5.32 Å². The molecule has 1 saturated carbocycles. The summed E-state index contributed by atoms with van der Waals surface area (Å²) < 4.78 is 1.22. The van der Waals surface area contributed by atoms with E-state index in [2.05, 4.69) is 22.6 Å². The van der Waals surface area contributed by atoms with Crippen LogP contribution in [-0.2, 0) is 11.3 Å². The first-order chi connectivity index (χ1) is 8.48. The van der Waals surface area contributed by atoms with Gasteiger partial charge in [0.05, 0.1) is 6.20 Å². The molecule has 0 bridgehead atoms. The van der Waals surface area contributed by atoms with Crippen molar-refractivity contribution in [3.8, 4) is 0 Å². The third-order valence-corrected chi connectivity index (χ3v) is 3.34. The highest BCUT2D eigenvalue weighted by Crippen LogP contribution is 2.39. The van der Waals surface area contributed by atoms with Gasteiger partial charge in [0.1, 0.15) is 6.54 Å². The van der Waals surface area contributed by atoms with Gasteiger partial charge >= 0.3 is 5.97 Å². The lowest BCUT2D eigenvalue weighted by molar-refractivity contribution is -0.122. The van der Waals surface area contributed by atoms with E-state index in [4.69, 9.17) is 5.11 Å². The molecule has 7 nitrogen and oxygen atoms in total. The second-order valence-corrected chi connectivity index (χ2v) is 5.05. The summed E-state index contributed by atoms with van der Waals surface area (Å²) in [6.07, 6.45) is 4.74. The Bertz CT molecular complexity index is 465. The second-order valence-electron chi connectivity index (χ2n) is 5.05. The predicted octanol–water partition coefficient (Wildman–Crippen LogP) is 0.283. The number of amides is 1. The summed E-state index contributed by atoms with van der Waals surface area (Å²) in [5.74, 6) is -1.33. The first kappa shape index (κ1) is 12.5. The molecule has 7 heteroatoms. The Hall–Kier alpha value is -1.92. The van der Waals surface area contributed by atoms with Crippen molar-refractivity contribution in [2.45, 2.75) is 32.7 Å². The Morgan fingerprint density at radius 3 is 2.78 bits per heavy atom. The molecule has 1 aromatic heterocycles. The van der Waals surface area contributed by atoms with Crippen molar-refractivity contribution in [3.05, 3.63) is 11.9 Å². The number of aromatic carboxylic acids is 1. The van der Waals surface area contributed by atoms with Gasteiger partial charge in [-0.3, -0.25) is 4.79 Å². The minimum absolute atomic E-state index is 0.00361. The summed E-state index contributed by atoms with van der Waals surface area (Å²) in [6.45, 7) is 2.80. The molecule has 1 fully saturated rings. The molecule has 1 aliphatic rings. The molecule has 0 atom stereocenters. The number of rotatable bonds is 5. The molecule has 0 unspecified atom stereocenters. The van der Waals surface area contributed by atoms with E-state index in [0.29, 0.717) is 6.54 Å². The summed E-state index contributed by atoms with van der Waals surface area (Å²) in [5, 5.41) is 18.5. The van der Waals surface area contributed by atoms with Crippen LogP contribution in [0.3, 0.4) is 0 Å². The molecule has 98 valence electrons. The Labute approximate surface area is 104 Å². The molecule has 1 amide bonds. The average Bonchev–Trinajstić information content (AvgIpc) is 2.72. The lowest BCUT2D eigenvalue weighted by atomic mass is 9.70. The number of aromatic nitrogens is 3. The zero-order valence-corrected chi connectivity index (χ0v) is 10.2. The molecule has 18 heavy (non-hydrogen) atoms. The van der Waals surface area contributed by atoms with Crippen molar-refractivity contribution in [2.24, 2.45) is 5.41 Å². The van der Waals surface area contributed by atoms with Crippen LogP contribution in [-0.4, -0.2) is 38.5 Å². The maximum absolute atomic E-state index is 11.6. The molecule has 1 aromatic rings. The monoisotopic (exact) mass is 252 g/mol. The van der Waals surface area contributed by atoms with Crippen LogP contribution in [0.25, 0.3) is 0 Å². The lowest BCUT2D eigenvalue weighted by Crippen LogP contribution is -2.41. The third kappa shape index (κ3) is 2.85. The van der Waals surface area contributed by atoms with E-state index in [1.54, 1.807) is 0 Å². The number of carboxylic acid groups (broad SMARTS) is 1. The Morgan fingerprint density at radius 1 is 1.56 bits per heavy atom. The van der Waals surface area contributed by atoms with Gasteiger partial charge in [-0.15, -0.1) is 5.10 Å². The second kappa shape index (κ2) is 4.75. The number of carbonyl (C=O) groups excluding carboxylic acids is 1. The zero-order chi connectivity index (χ0) is 13.2. The van der Waals surface area contributed by atoms with Crippen molar-refractivity contribution in [1.82, 2.24) is 20.3 Å². The Morgan fingerprint density at radius 2 is 2.28 bits per heavy atom. The minimum Gasteiger partial charge on any atom is -0.476 e. The van der Waals surface area contributed by atoms with Crippen molar-refractivity contribution < 1.29 is 14.7 Å². The van der Waals surface area contributed by atoms with E-state index in [-0.39, 0.29) is 23.6 Å².